The van der Waals surface area contributed by atoms with E-state index >= 15 is 0 Å². The summed E-state index contributed by atoms with van der Waals surface area (Å²) in [4.78, 5) is 4.97. The van der Waals surface area contributed by atoms with Crippen molar-refractivity contribution in [1.82, 2.24) is 0 Å². The number of nitrogens with zero attached hydrogens (tertiary/aromatic N) is 1. The van der Waals surface area contributed by atoms with Gasteiger partial charge in [-0.15, -0.1) is 0 Å². The van der Waals surface area contributed by atoms with Gasteiger partial charge >= 0.3 is 0 Å². The maximum absolute atomic E-state index is 6.16. The van der Waals surface area contributed by atoms with Crippen LogP contribution in [-0.4, -0.2) is 26.0 Å². The van der Waals surface area contributed by atoms with E-state index in [1.54, 1.807) is 25.3 Å². The lowest BCUT2D eigenvalue weighted by Crippen LogP contribution is -2.01. The molecule has 0 fully saturated rings. The number of benzene rings is 1. The first-order chi connectivity index (χ1) is 11.0. The third-order valence-electron chi connectivity index (χ3n) is 2.52. The zero-order valence-electron chi connectivity index (χ0n) is 12.5. The van der Waals surface area contributed by atoms with Crippen LogP contribution in [-0.2, 0) is 4.84 Å². The molecule has 1 aromatic carbocycles. The molecule has 0 spiro atoms. The van der Waals surface area contributed by atoms with Crippen molar-refractivity contribution >= 4 is 52.6 Å². The molecule has 0 heterocycles. The molecular weight excluding hydrogens is 384 g/mol. The Morgan fingerprint density at radius 3 is 2.35 bits per heavy atom. The molecule has 0 aliphatic heterocycles. The first-order valence-corrected chi connectivity index (χ1v) is 8.41. The van der Waals surface area contributed by atoms with E-state index in [0.717, 1.165) is 12.8 Å². The highest BCUT2D eigenvalue weighted by Gasteiger charge is 2.10. The highest BCUT2D eigenvalue weighted by atomic mass is 35.5. The molecule has 0 aromatic heterocycles. The Morgan fingerprint density at radius 2 is 1.74 bits per heavy atom. The molecule has 0 atom stereocenters. The van der Waals surface area contributed by atoms with Crippen LogP contribution in [0.5, 0.6) is 11.5 Å². The Hall–Kier alpha value is -0.810. The Bertz CT molecular complexity index is 523. The predicted octanol–water partition coefficient (Wildman–Crippen LogP) is 5.87. The zero-order valence-corrected chi connectivity index (χ0v) is 15.6. The maximum atomic E-state index is 6.16. The second-order valence-electron chi connectivity index (χ2n) is 4.27. The molecule has 0 N–H and O–H groups in total. The van der Waals surface area contributed by atoms with Gasteiger partial charge in [0, 0.05) is 18.3 Å². The zero-order chi connectivity index (χ0) is 17.1. The lowest BCUT2D eigenvalue weighted by atomic mass is 10.3. The lowest BCUT2D eigenvalue weighted by molar-refractivity contribution is 0.137. The fraction of sp³-hybridized carbons (Fsp3) is 0.400. The molecule has 0 aliphatic carbocycles. The van der Waals surface area contributed by atoms with Gasteiger partial charge in [0.2, 0.25) is 0 Å². The molecule has 4 nitrogen and oxygen atoms in total. The molecule has 0 unspecified atom stereocenters. The Kier molecular flexibility index (Phi) is 10.3. The third kappa shape index (κ3) is 8.56. The topological polar surface area (TPSA) is 40.0 Å². The van der Waals surface area contributed by atoms with Crippen LogP contribution >= 0.6 is 46.4 Å². The summed E-state index contributed by atoms with van der Waals surface area (Å²) < 4.78 is 11.2. The standard InChI is InChI=1S/C15H17Cl4NO3/c1-2-20-23-7-4-3-6-22-15-12(16)9-11(10-13(15)17)21-8-5-14(18)19/h2,5,9-10H,3-4,6-8H2,1H3/b20-2-. The first kappa shape index (κ1) is 20.2. The average molecular weight is 401 g/mol. The summed E-state index contributed by atoms with van der Waals surface area (Å²) in [6, 6.07) is 3.25. The summed E-state index contributed by atoms with van der Waals surface area (Å²) in [6.45, 7) is 3.03. The Balaban J connectivity index is 2.45. The van der Waals surface area contributed by atoms with Crippen LogP contribution in [0.15, 0.2) is 27.9 Å². The lowest BCUT2D eigenvalue weighted by Gasteiger charge is -2.12. The maximum Gasteiger partial charge on any atom is 0.156 e. The Labute approximate surface area is 155 Å². The molecule has 0 saturated heterocycles. The minimum atomic E-state index is 0.135. The Morgan fingerprint density at radius 1 is 1.09 bits per heavy atom. The number of hydrogen-bond acceptors (Lipinski definition) is 4. The van der Waals surface area contributed by atoms with Crippen molar-refractivity contribution in [2.75, 3.05) is 19.8 Å². The van der Waals surface area contributed by atoms with E-state index in [-0.39, 0.29) is 11.1 Å². The average Bonchev–Trinajstić information content (AvgIpc) is 2.48. The summed E-state index contributed by atoms with van der Waals surface area (Å²) in [5, 5.41) is 4.41. The molecule has 0 saturated carbocycles. The molecule has 0 bridgehead atoms. The van der Waals surface area contributed by atoms with Crippen molar-refractivity contribution in [1.29, 1.82) is 0 Å². The van der Waals surface area contributed by atoms with Gasteiger partial charge in [-0.2, -0.15) is 0 Å². The first-order valence-electron chi connectivity index (χ1n) is 6.90. The molecule has 128 valence electrons. The number of ether oxygens (including phenoxy) is 2. The number of oxime groups is 1. The van der Waals surface area contributed by atoms with E-state index in [2.05, 4.69) is 5.16 Å². The fourth-order valence-electron chi connectivity index (χ4n) is 1.53. The van der Waals surface area contributed by atoms with Crippen molar-refractivity contribution in [2.45, 2.75) is 19.8 Å². The monoisotopic (exact) mass is 399 g/mol. The van der Waals surface area contributed by atoms with Gasteiger partial charge in [-0.25, -0.2) is 0 Å². The van der Waals surface area contributed by atoms with Crippen molar-refractivity contribution in [2.24, 2.45) is 5.16 Å². The fourth-order valence-corrected chi connectivity index (χ4v) is 2.23. The van der Waals surface area contributed by atoms with Crippen LogP contribution in [0.1, 0.15) is 19.8 Å². The molecule has 0 aliphatic rings. The minimum absolute atomic E-state index is 0.135. The van der Waals surface area contributed by atoms with Crippen LogP contribution in [0.2, 0.25) is 10.0 Å². The van der Waals surface area contributed by atoms with Gasteiger partial charge in [0.25, 0.3) is 0 Å². The van der Waals surface area contributed by atoms with E-state index in [4.69, 9.17) is 60.7 Å². The van der Waals surface area contributed by atoms with Gasteiger partial charge in [-0.1, -0.05) is 51.6 Å². The minimum Gasteiger partial charge on any atom is -0.490 e. The summed E-state index contributed by atoms with van der Waals surface area (Å²) in [5.41, 5.74) is 0. The van der Waals surface area contributed by atoms with Crippen molar-refractivity contribution in [3.8, 4) is 11.5 Å². The second kappa shape index (κ2) is 11.7. The highest BCUT2D eigenvalue weighted by Crippen LogP contribution is 2.37. The molecule has 0 amide bonds. The molecule has 8 heteroatoms. The number of hydrogen-bond donors (Lipinski definition) is 0. The summed E-state index contributed by atoms with van der Waals surface area (Å²) >= 11 is 23.3. The molecule has 0 radical (unpaired) electrons. The molecule has 1 aromatic rings. The molecule has 23 heavy (non-hydrogen) atoms. The largest absolute Gasteiger partial charge is 0.490 e. The van der Waals surface area contributed by atoms with Crippen LogP contribution in [0.25, 0.3) is 0 Å². The number of unbranched alkanes of at least 4 members (excludes halogenated alkanes) is 1. The SMILES string of the molecule is C/C=N\OCCCCOc1c(Cl)cc(OCC=C(Cl)Cl)cc1Cl. The molecular formula is C15H17Cl4NO3. The van der Waals surface area contributed by atoms with Crippen molar-refractivity contribution in [3.05, 3.63) is 32.7 Å². The van der Waals surface area contributed by atoms with E-state index in [0.29, 0.717) is 34.8 Å². The van der Waals surface area contributed by atoms with Crippen LogP contribution in [0.3, 0.4) is 0 Å². The van der Waals surface area contributed by atoms with Gasteiger partial charge in [0.05, 0.1) is 16.7 Å². The summed E-state index contributed by atoms with van der Waals surface area (Å²) in [7, 11) is 0. The predicted molar refractivity (Wildman–Crippen MR) is 96.6 cm³/mol. The number of halogens is 4. The van der Waals surface area contributed by atoms with Gasteiger partial charge in [0.15, 0.2) is 5.75 Å². The van der Waals surface area contributed by atoms with E-state index in [1.807, 2.05) is 0 Å². The van der Waals surface area contributed by atoms with Gasteiger partial charge < -0.3 is 14.3 Å². The molecule has 1 rings (SSSR count). The summed E-state index contributed by atoms with van der Waals surface area (Å²) in [6.07, 6.45) is 4.72. The van der Waals surface area contributed by atoms with E-state index in [9.17, 15) is 0 Å². The van der Waals surface area contributed by atoms with Gasteiger partial charge in [-0.3, -0.25) is 0 Å². The van der Waals surface area contributed by atoms with Crippen LogP contribution < -0.4 is 9.47 Å². The van der Waals surface area contributed by atoms with Crippen LogP contribution in [0, 0.1) is 0 Å². The summed E-state index contributed by atoms with van der Waals surface area (Å²) in [5.74, 6) is 0.933. The highest BCUT2D eigenvalue weighted by molar-refractivity contribution is 6.55. The smallest absolute Gasteiger partial charge is 0.156 e. The van der Waals surface area contributed by atoms with E-state index < -0.39 is 0 Å². The van der Waals surface area contributed by atoms with E-state index in [1.165, 1.54) is 6.08 Å². The van der Waals surface area contributed by atoms with Crippen LogP contribution in [0.4, 0.5) is 0 Å². The van der Waals surface area contributed by atoms with Crippen molar-refractivity contribution in [3.63, 3.8) is 0 Å². The third-order valence-corrected chi connectivity index (χ3v) is 3.39. The normalized spacial score (nSPS) is 10.7. The van der Waals surface area contributed by atoms with Crippen molar-refractivity contribution < 1.29 is 14.3 Å². The number of rotatable bonds is 10. The van der Waals surface area contributed by atoms with Gasteiger partial charge in [0.1, 0.15) is 23.5 Å². The second-order valence-corrected chi connectivity index (χ2v) is 6.10. The quantitative estimate of drug-likeness (QED) is 0.280. The van der Waals surface area contributed by atoms with Gasteiger partial charge in [-0.05, 0) is 25.8 Å².